The maximum atomic E-state index is 12.5. The summed E-state index contributed by atoms with van der Waals surface area (Å²) in [4.78, 5) is 31.5. The second-order valence-electron chi connectivity index (χ2n) is 4.75. The van der Waals surface area contributed by atoms with E-state index in [-0.39, 0.29) is 16.5 Å². The van der Waals surface area contributed by atoms with E-state index in [0.717, 1.165) is 28.7 Å². The fourth-order valence-electron chi connectivity index (χ4n) is 2.12. The molecular weight excluding hydrogens is 300 g/mol. The van der Waals surface area contributed by atoms with Crippen LogP contribution in [0.2, 0.25) is 0 Å². The second kappa shape index (κ2) is 6.11. The van der Waals surface area contributed by atoms with Crippen molar-refractivity contribution in [1.29, 1.82) is 0 Å². The minimum absolute atomic E-state index is 0.182. The Balaban J connectivity index is 1.87. The number of fused-ring (bicyclic) bond motifs is 1. The maximum absolute atomic E-state index is 12.5. The van der Waals surface area contributed by atoms with Crippen molar-refractivity contribution in [1.82, 2.24) is 9.97 Å². The van der Waals surface area contributed by atoms with Crippen LogP contribution in [0.15, 0.2) is 35.8 Å². The number of hydrogen-bond donors (Lipinski definition) is 1. The standard InChI is InChI=1S/C16H14N2O3S/c1-2-7-21-16(20)13-9-22-15(18-13)14(19)11-8-17-12-6-4-3-5-10(11)12/h3-6,8-9,17H,2,7H2,1H3. The maximum Gasteiger partial charge on any atom is 0.357 e. The van der Waals surface area contributed by atoms with E-state index < -0.39 is 5.97 Å². The molecule has 1 aromatic carbocycles. The molecule has 1 N–H and O–H groups in total. The highest BCUT2D eigenvalue weighted by Gasteiger charge is 2.20. The second-order valence-corrected chi connectivity index (χ2v) is 5.61. The van der Waals surface area contributed by atoms with Crippen molar-refractivity contribution in [2.45, 2.75) is 13.3 Å². The Morgan fingerprint density at radius 3 is 2.95 bits per heavy atom. The van der Waals surface area contributed by atoms with Gasteiger partial charge < -0.3 is 9.72 Å². The smallest absolute Gasteiger partial charge is 0.357 e. The first-order valence-corrected chi connectivity index (χ1v) is 7.82. The molecule has 112 valence electrons. The van der Waals surface area contributed by atoms with Crippen LogP contribution in [0, 0.1) is 0 Å². The number of H-pyrrole nitrogens is 1. The Morgan fingerprint density at radius 2 is 2.14 bits per heavy atom. The zero-order valence-electron chi connectivity index (χ0n) is 12.0. The van der Waals surface area contributed by atoms with Crippen LogP contribution in [0.1, 0.15) is 39.2 Å². The molecule has 22 heavy (non-hydrogen) atoms. The number of hydrogen-bond acceptors (Lipinski definition) is 5. The van der Waals surface area contributed by atoms with Gasteiger partial charge in [0.05, 0.1) is 12.2 Å². The van der Waals surface area contributed by atoms with Gasteiger partial charge in [-0.25, -0.2) is 9.78 Å². The van der Waals surface area contributed by atoms with Gasteiger partial charge in [-0.1, -0.05) is 25.1 Å². The highest BCUT2D eigenvalue weighted by atomic mass is 32.1. The molecule has 0 saturated heterocycles. The Hall–Kier alpha value is -2.47. The number of rotatable bonds is 5. The molecule has 5 nitrogen and oxygen atoms in total. The van der Waals surface area contributed by atoms with Crippen molar-refractivity contribution < 1.29 is 14.3 Å². The summed E-state index contributed by atoms with van der Waals surface area (Å²) >= 11 is 1.15. The molecule has 0 unspecified atom stereocenters. The summed E-state index contributed by atoms with van der Waals surface area (Å²) in [6.45, 7) is 2.27. The monoisotopic (exact) mass is 314 g/mol. The average Bonchev–Trinajstić information content (AvgIpc) is 3.19. The molecule has 0 fully saturated rings. The van der Waals surface area contributed by atoms with E-state index in [0.29, 0.717) is 12.2 Å². The number of aromatic amines is 1. The van der Waals surface area contributed by atoms with Gasteiger partial charge in [-0.3, -0.25) is 4.79 Å². The third-order valence-corrected chi connectivity index (χ3v) is 4.02. The Kier molecular flexibility index (Phi) is 4.02. The summed E-state index contributed by atoms with van der Waals surface area (Å²) in [6, 6.07) is 7.56. The summed E-state index contributed by atoms with van der Waals surface area (Å²) in [5, 5.41) is 2.69. The van der Waals surface area contributed by atoms with Crippen LogP contribution in [0.5, 0.6) is 0 Å². The molecule has 0 radical (unpaired) electrons. The molecule has 0 aliphatic rings. The lowest BCUT2D eigenvalue weighted by Crippen LogP contribution is -2.07. The summed E-state index contributed by atoms with van der Waals surface area (Å²) in [5.41, 5.74) is 1.63. The number of thiazole rings is 1. The Bertz CT molecular complexity index is 835. The van der Waals surface area contributed by atoms with Gasteiger partial charge in [0.25, 0.3) is 0 Å². The molecule has 6 heteroatoms. The Labute approximate surface area is 131 Å². The van der Waals surface area contributed by atoms with Gasteiger partial charge in [0.1, 0.15) is 0 Å². The molecule has 3 rings (SSSR count). The average molecular weight is 314 g/mol. The SMILES string of the molecule is CCCOC(=O)c1csc(C(=O)c2c[nH]c3ccccc23)n1. The van der Waals surface area contributed by atoms with Crippen LogP contribution in [0.25, 0.3) is 10.9 Å². The van der Waals surface area contributed by atoms with Crippen molar-refractivity contribution in [2.75, 3.05) is 6.61 Å². The zero-order chi connectivity index (χ0) is 15.5. The predicted molar refractivity (Wildman–Crippen MR) is 84.4 cm³/mol. The molecule has 2 aromatic heterocycles. The third-order valence-electron chi connectivity index (χ3n) is 3.18. The summed E-state index contributed by atoms with van der Waals surface area (Å²) in [5.74, 6) is -0.687. The van der Waals surface area contributed by atoms with Gasteiger partial charge in [0.2, 0.25) is 5.78 Å². The van der Waals surface area contributed by atoms with Gasteiger partial charge in [-0.15, -0.1) is 11.3 Å². The largest absolute Gasteiger partial charge is 0.461 e. The number of aromatic nitrogens is 2. The minimum atomic E-state index is -0.490. The molecule has 0 spiro atoms. The quantitative estimate of drug-likeness (QED) is 0.578. The number of para-hydroxylation sites is 1. The molecule has 0 saturated carbocycles. The lowest BCUT2D eigenvalue weighted by atomic mass is 10.1. The number of esters is 1. The first kappa shape index (κ1) is 14.5. The number of ether oxygens (including phenoxy) is 1. The lowest BCUT2D eigenvalue weighted by Gasteiger charge is -1.98. The van der Waals surface area contributed by atoms with Crippen LogP contribution in [-0.2, 0) is 4.74 Å². The first-order valence-electron chi connectivity index (χ1n) is 6.94. The van der Waals surface area contributed by atoms with Crippen LogP contribution in [0.3, 0.4) is 0 Å². The number of ketones is 1. The van der Waals surface area contributed by atoms with Crippen LogP contribution < -0.4 is 0 Å². The number of nitrogens with zero attached hydrogens (tertiary/aromatic N) is 1. The van der Waals surface area contributed by atoms with Crippen LogP contribution in [-0.4, -0.2) is 28.3 Å². The van der Waals surface area contributed by atoms with Crippen molar-refractivity contribution in [3.8, 4) is 0 Å². The fraction of sp³-hybridized carbons (Fsp3) is 0.188. The van der Waals surface area contributed by atoms with Gasteiger partial charge in [0, 0.05) is 22.5 Å². The predicted octanol–water partition coefficient (Wildman–Crippen LogP) is 3.42. The lowest BCUT2D eigenvalue weighted by molar-refractivity contribution is 0.0499. The van der Waals surface area contributed by atoms with Gasteiger partial charge in [0.15, 0.2) is 10.7 Å². The minimum Gasteiger partial charge on any atom is -0.461 e. The van der Waals surface area contributed by atoms with E-state index >= 15 is 0 Å². The van der Waals surface area contributed by atoms with E-state index in [1.54, 1.807) is 11.6 Å². The van der Waals surface area contributed by atoms with Crippen molar-refractivity contribution in [2.24, 2.45) is 0 Å². The summed E-state index contributed by atoms with van der Waals surface area (Å²) in [6.07, 6.45) is 2.42. The number of nitrogens with one attached hydrogen (secondary N) is 1. The van der Waals surface area contributed by atoms with Gasteiger partial charge >= 0.3 is 5.97 Å². The molecule has 0 atom stereocenters. The van der Waals surface area contributed by atoms with Crippen LogP contribution in [0.4, 0.5) is 0 Å². The number of carbonyl (C=O) groups is 2. The highest BCUT2D eigenvalue weighted by Crippen LogP contribution is 2.22. The van der Waals surface area contributed by atoms with E-state index in [2.05, 4.69) is 9.97 Å². The zero-order valence-corrected chi connectivity index (χ0v) is 12.8. The first-order chi connectivity index (χ1) is 10.7. The molecule has 0 bridgehead atoms. The molecule has 0 aliphatic carbocycles. The highest BCUT2D eigenvalue weighted by molar-refractivity contribution is 7.12. The molecule has 3 aromatic rings. The topological polar surface area (TPSA) is 72.1 Å². The normalized spacial score (nSPS) is 10.8. The molecule has 0 aliphatic heterocycles. The van der Waals surface area contributed by atoms with Crippen molar-refractivity contribution in [3.63, 3.8) is 0 Å². The summed E-state index contributed by atoms with van der Waals surface area (Å²) in [7, 11) is 0. The van der Waals surface area contributed by atoms with Gasteiger partial charge in [-0.2, -0.15) is 0 Å². The van der Waals surface area contributed by atoms with Crippen molar-refractivity contribution >= 4 is 34.0 Å². The third kappa shape index (κ3) is 2.65. The van der Waals surface area contributed by atoms with Crippen LogP contribution >= 0.6 is 11.3 Å². The Morgan fingerprint density at radius 1 is 1.32 bits per heavy atom. The van der Waals surface area contributed by atoms with E-state index in [1.165, 1.54) is 0 Å². The number of benzene rings is 1. The fourth-order valence-corrected chi connectivity index (χ4v) is 2.86. The summed E-state index contributed by atoms with van der Waals surface area (Å²) < 4.78 is 5.02. The van der Waals surface area contributed by atoms with E-state index in [1.807, 2.05) is 31.2 Å². The van der Waals surface area contributed by atoms with Gasteiger partial charge in [-0.05, 0) is 12.5 Å². The van der Waals surface area contributed by atoms with E-state index in [4.69, 9.17) is 4.74 Å². The molecular formula is C16H14N2O3S. The number of carbonyl (C=O) groups excluding carboxylic acids is 2. The van der Waals surface area contributed by atoms with Crippen molar-refractivity contribution in [3.05, 3.63) is 52.1 Å². The molecule has 2 heterocycles. The van der Waals surface area contributed by atoms with E-state index in [9.17, 15) is 9.59 Å². The molecule has 0 amide bonds.